The molecule has 1 aliphatic carbocycles. The average Bonchev–Trinajstić information content (AvgIpc) is 2.94. The fourth-order valence-electron chi connectivity index (χ4n) is 3.34. The van der Waals surface area contributed by atoms with Crippen LogP contribution >= 0.6 is 0 Å². The van der Waals surface area contributed by atoms with Crippen molar-refractivity contribution in [1.82, 2.24) is 9.97 Å². The molecule has 110 valence electrons. The number of rotatable bonds is 3. The molecule has 0 saturated carbocycles. The van der Waals surface area contributed by atoms with Gasteiger partial charge in [0, 0.05) is 24.3 Å². The van der Waals surface area contributed by atoms with Crippen LogP contribution in [-0.2, 0) is 22.9 Å². The number of sulfonamides is 1. The lowest BCUT2D eigenvalue weighted by Gasteiger charge is -2.20. The number of aromatic nitrogens is 2. The van der Waals surface area contributed by atoms with Crippen LogP contribution in [0.5, 0.6) is 0 Å². The molecule has 1 aromatic rings. The van der Waals surface area contributed by atoms with Crippen molar-refractivity contribution in [1.29, 1.82) is 0 Å². The van der Waals surface area contributed by atoms with E-state index in [1.807, 2.05) is 0 Å². The highest BCUT2D eigenvalue weighted by Crippen LogP contribution is 2.33. The SMILES string of the molecule is C[C@@H]1CN(c2ncnc3c2CCC3)C[C@H]1CS(N)(=O)=O. The predicted molar refractivity (Wildman–Crippen MR) is 76.9 cm³/mol. The minimum absolute atomic E-state index is 0.0535. The number of hydrogen-bond donors (Lipinski definition) is 1. The summed E-state index contributed by atoms with van der Waals surface area (Å²) in [5.41, 5.74) is 2.40. The number of anilines is 1. The molecule has 0 bridgehead atoms. The zero-order valence-electron chi connectivity index (χ0n) is 11.6. The summed E-state index contributed by atoms with van der Waals surface area (Å²) < 4.78 is 22.6. The van der Waals surface area contributed by atoms with Crippen molar-refractivity contribution in [3.05, 3.63) is 17.6 Å². The third kappa shape index (κ3) is 2.64. The molecule has 20 heavy (non-hydrogen) atoms. The molecule has 1 fully saturated rings. The molecular formula is C13H20N4O2S. The van der Waals surface area contributed by atoms with Crippen molar-refractivity contribution in [2.45, 2.75) is 26.2 Å². The van der Waals surface area contributed by atoms with Crippen LogP contribution < -0.4 is 10.0 Å². The molecule has 6 nitrogen and oxygen atoms in total. The summed E-state index contributed by atoms with van der Waals surface area (Å²) in [5, 5.41) is 5.18. The van der Waals surface area contributed by atoms with Gasteiger partial charge in [-0.15, -0.1) is 0 Å². The number of primary sulfonamides is 1. The van der Waals surface area contributed by atoms with E-state index in [0.717, 1.165) is 37.3 Å². The Morgan fingerprint density at radius 1 is 1.35 bits per heavy atom. The fraction of sp³-hybridized carbons (Fsp3) is 0.692. The highest BCUT2D eigenvalue weighted by atomic mass is 32.2. The van der Waals surface area contributed by atoms with Crippen LogP contribution in [0.2, 0.25) is 0 Å². The summed E-state index contributed by atoms with van der Waals surface area (Å²) in [4.78, 5) is 11.0. The first-order valence-corrected chi connectivity index (χ1v) is 8.74. The van der Waals surface area contributed by atoms with Crippen LogP contribution in [0.15, 0.2) is 6.33 Å². The van der Waals surface area contributed by atoms with Gasteiger partial charge in [0.2, 0.25) is 10.0 Å². The Bertz CT molecular complexity index is 617. The summed E-state index contributed by atoms with van der Waals surface area (Å²) in [5.74, 6) is 1.44. The molecule has 0 amide bonds. The van der Waals surface area contributed by atoms with E-state index < -0.39 is 10.0 Å². The number of nitrogens with zero attached hydrogens (tertiary/aromatic N) is 3. The lowest BCUT2D eigenvalue weighted by atomic mass is 10.0. The van der Waals surface area contributed by atoms with Crippen molar-refractivity contribution < 1.29 is 8.42 Å². The zero-order valence-corrected chi connectivity index (χ0v) is 12.4. The summed E-state index contributed by atoms with van der Waals surface area (Å²) in [6, 6.07) is 0. The molecule has 7 heteroatoms. The Labute approximate surface area is 119 Å². The first-order chi connectivity index (χ1) is 9.44. The molecule has 1 saturated heterocycles. The normalized spacial score (nSPS) is 26.0. The molecular weight excluding hydrogens is 276 g/mol. The Morgan fingerprint density at radius 3 is 2.90 bits per heavy atom. The Morgan fingerprint density at radius 2 is 2.15 bits per heavy atom. The second-order valence-electron chi connectivity index (χ2n) is 5.95. The number of hydrogen-bond acceptors (Lipinski definition) is 5. The van der Waals surface area contributed by atoms with E-state index in [1.165, 1.54) is 5.56 Å². The van der Waals surface area contributed by atoms with Gasteiger partial charge in [-0.2, -0.15) is 0 Å². The Balaban J connectivity index is 1.82. The van der Waals surface area contributed by atoms with Crippen molar-refractivity contribution >= 4 is 15.8 Å². The van der Waals surface area contributed by atoms with Crippen LogP contribution in [0.1, 0.15) is 24.6 Å². The molecule has 2 atom stereocenters. The van der Waals surface area contributed by atoms with E-state index in [9.17, 15) is 8.42 Å². The van der Waals surface area contributed by atoms with E-state index >= 15 is 0 Å². The molecule has 0 radical (unpaired) electrons. The van der Waals surface area contributed by atoms with Gasteiger partial charge >= 0.3 is 0 Å². The van der Waals surface area contributed by atoms with Gasteiger partial charge in [-0.25, -0.2) is 23.5 Å². The lowest BCUT2D eigenvalue weighted by molar-refractivity contribution is 0.486. The first kappa shape index (κ1) is 13.8. The molecule has 0 unspecified atom stereocenters. The van der Waals surface area contributed by atoms with Gasteiger partial charge in [0.25, 0.3) is 0 Å². The smallest absolute Gasteiger partial charge is 0.209 e. The molecule has 3 rings (SSSR count). The van der Waals surface area contributed by atoms with E-state index in [0.29, 0.717) is 12.5 Å². The van der Waals surface area contributed by atoms with E-state index in [-0.39, 0.29) is 11.7 Å². The summed E-state index contributed by atoms with van der Waals surface area (Å²) in [6.45, 7) is 3.63. The molecule has 2 aliphatic rings. The number of aryl methyl sites for hydroxylation is 1. The molecule has 1 aliphatic heterocycles. The number of fused-ring (bicyclic) bond motifs is 1. The monoisotopic (exact) mass is 296 g/mol. The van der Waals surface area contributed by atoms with Crippen molar-refractivity contribution in [3.8, 4) is 0 Å². The van der Waals surface area contributed by atoms with Gasteiger partial charge in [-0.1, -0.05) is 6.92 Å². The van der Waals surface area contributed by atoms with Crippen molar-refractivity contribution in [2.75, 3.05) is 23.7 Å². The maximum Gasteiger partial charge on any atom is 0.209 e. The topological polar surface area (TPSA) is 89.2 Å². The molecule has 2 heterocycles. The van der Waals surface area contributed by atoms with Crippen LogP contribution in [0.25, 0.3) is 0 Å². The molecule has 2 N–H and O–H groups in total. The van der Waals surface area contributed by atoms with E-state index in [2.05, 4.69) is 21.8 Å². The maximum absolute atomic E-state index is 11.3. The van der Waals surface area contributed by atoms with Crippen LogP contribution in [0.3, 0.4) is 0 Å². The lowest BCUT2D eigenvalue weighted by Crippen LogP contribution is -2.28. The Kier molecular flexibility index (Phi) is 3.41. The zero-order chi connectivity index (χ0) is 14.3. The minimum Gasteiger partial charge on any atom is -0.356 e. The van der Waals surface area contributed by atoms with Gasteiger partial charge in [0.1, 0.15) is 12.1 Å². The van der Waals surface area contributed by atoms with Gasteiger partial charge in [-0.3, -0.25) is 0 Å². The van der Waals surface area contributed by atoms with Gasteiger partial charge < -0.3 is 4.90 Å². The second-order valence-corrected chi connectivity index (χ2v) is 7.61. The van der Waals surface area contributed by atoms with Crippen molar-refractivity contribution in [3.63, 3.8) is 0 Å². The summed E-state index contributed by atoms with van der Waals surface area (Å²) >= 11 is 0. The van der Waals surface area contributed by atoms with E-state index in [1.54, 1.807) is 6.33 Å². The standard InChI is InChI=1S/C13H20N4O2S/c1-9-5-17(6-10(9)7-20(14,18)19)13-11-3-2-4-12(11)15-8-16-13/h8-10H,2-7H2,1H3,(H2,14,18,19)/t9-,10+/m1/s1. The molecule has 1 aromatic heterocycles. The van der Waals surface area contributed by atoms with Gasteiger partial charge in [0.15, 0.2) is 0 Å². The maximum atomic E-state index is 11.3. The highest BCUT2D eigenvalue weighted by Gasteiger charge is 2.34. The molecule has 0 spiro atoms. The minimum atomic E-state index is -3.42. The van der Waals surface area contributed by atoms with Gasteiger partial charge in [-0.05, 0) is 31.1 Å². The summed E-state index contributed by atoms with van der Waals surface area (Å²) in [6.07, 6.45) is 4.80. The van der Waals surface area contributed by atoms with Crippen LogP contribution in [0.4, 0.5) is 5.82 Å². The summed E-state index contributed by atoms with van der Waals surface area (Å²) in [7, 11) is -3.42. The first-order valence-electron chi connectivity index (χ1n) is 7.02. The van der Waals surface area contributed by atoms with Crippen LogP contribution in [-0.4, -0.2) is 37.2 Å². The fourth-order valence-corrected chi connectivity index (χ4v) is 4.37. The van der Waals surface area contributed by atoms with Gasteiger partial charge in [0.05, 0.1) is 5.75 Å². The Hall–Kier alpha value is -1.21. The second kappa shape index (κ2) is 4.96. The third-order valence-electron chi connectivity index (χ3n) is 4.37. The van der Waals surface area contributed by atoms with Crippen molar-refractivity contribution in [2.24, 2.45) is 17.0 Å². The number of nitrogens with two attached hydrogens (primary N) is 1. The quantitative estimate of drug-likeness (QED) is 0.868. The van der Waals surface area contributed by atoms with Crippen LogP contribution in [0, 0.1) is 11.8 Å². The van der Waals surface area contributed by atoms with E-state index in [4.69, 9.17) is 5.14 Å². The predicted octanol–water partition coefficient (Wildman–Crippen LogP) is 0.326. The third-order valence-corrected chi connectivity index (χ3v) is 5.26. The highest BCUT2D eigenvalue weighted by molar-refractivity contribution is 7.89. The molecule has 0 aromatic carbocycles. The largest absolute Gasteiger partial charge is 0.356 e. The average molecular weight is 296 g/mol.